The highest BCUT2D eigenvalue weighted by atomic mass is 28.4. The fourth-order valence-electron chi connectivity index (χ4n) is 1.36. The van der Waals surface area contributed by atoms with E-state index in [2.05, 4.69) is 5.54 Å². The Morgan fingerprint density at radius 3 is 1.00 bits per heavy atom. The molecule has 0 N–H and O–H groups in total. The third kappa shape index (κ3) is 7.88. The standard InChI is InChI=1S/C14H28O3Si/c1-11-18(15-12(2,3)4,16-13(5,6)7)17-14(8,9)10/h1H,2-10H3. The Balaban J connectivity index is 5.29. The van der Waals surface area contributed by atoms with Crippen LogP contribution in [0.3, 0.4) is 0 Å². The minimum atomic E-state index is -3.15. The van der Waals surface area contributed by atoms with E-state index in [1.165, 1.54) is 0 Å². The molecule has 0 saturated heterocycles. The highest BCUT2D eigenvalue weighted by molar-refractivity contribution is 6.69. The third-order valence-corrected chi connectivity index (χ3v) is 4.50. The molecule has 18 heavy (non-hydrogen) atoms. The van der Waals surface area contributed by atoms with E-state index in [0.29, 0.717) is 0 Å². The average molecular weight is 272 g/mol. The van der Waals surface area contributed by atoms with Crippen LogP contribution in [-0.2, 0) is 13.3 Å². The molecule has 3 nitrogen and oxygen atoms in total. The first-order valence-electron chi connectivity index (χ1n) is 6.26. The summed E-state index contributed by atoms with van der Waals surface area (Å²) in [4.78, 5) is 0. The van der Waals surface area contributed by atoms with Gasteiger partial charge in [-0.3, -0.25) is 0 Å². The van der Waals surface area contributed by atoms with Crippen molar-refractivity contribution in [2.24, 2.45) is 0 Å². The number of terminal acetylenes is 1. The molecule has 0 heterocycles. The van der Waals surface area contributed by atoms with Crippen molar-refractivity contribution in [1.29, 1.82) is 0 Å². The van der Waals surface area contributed by atoms with Crippen LogP contribution in [0.4, 0.5) is 0 Å². The van der Waals surface area contributed by atoms with Gasteiger partial charge >= 0.3 is 8.80 Å². The van der Waals surface area contributed by atoms with Crippen LogP contribution in [0.1, 0.15) is 62.3 Å². The lowest BCUT2D eigenvalue weighted by molar-refractivity contribution is -0.0647. The van der Waals surface area contributed by atoms with Gasteiger partial charge in [-0.2, -0.15) is 0 Å². The summed E-state index contributed by atoms with van der Waals surface area (Å²) in [5.41, 5.74) is 1.43. The molecule has 0 amide bonds. The van der Waals surface area contributed by atoms with E-state index in [-0.39, 0.29) is 0 Å². The summed E-state index contributed by atoms with van der Waals surface area (Å²) in [5.74, 6) is 0. The number of hydrogen-bond acceptors (Lipinski definition) is 3. The van der Waals surface area contributed by atoms with E-state index in [4.69, 9.17) is 19.7 Å². The summed E-state index contributed by atoms with van der Waals surface area (Å²) in [5, 5.41) is 0. The van der Waals surface area contributed by atoms with Gasteiger partial charge in [0.05, 0.1) is 16.8 Å². The molecule has 0 unspecified atom stereocenters. The molecule has 0 atom stereocenters. The maximum atomic E-state index is 5.98. The Labute approximate surface area is 114 Å². The predicted molar refractivity (Wildman–Crippen MR) is 77.1 cm³/mol. The zero-order valence-electron chi connectivity index (χ0n) is 13.3. The van der Waals surface area contributed by atoms with Crippen LogP contribution in [0.2, 0.25) is 0 Å². The fourth-order valence-corrected chi connectivity index (χ4v) is 4.08. The van der Waals surface area contributed by atoms with E-state index in [1.54, 1.807) is 0 Å². The lowest BCUT2D eigenvalue weighted by Gasteiger charge is -2.39. The molecule has 0 saturated carbocycles. The molecule has 4 heteroatoms. The molecule has 0 fully saturated rings. The molecule has 0 rings (SSSR count). The lowest BCUT2D eigenvalue weighted by atomic mass is 10.2. The van der Waals surface area contributed by atoms with Gasteiger partial charge in [-0.05, 0) is 67.9 Å². The van der Waals surface area contributed by atoms with Gasteiger partial charge < -0.3 is 13.3 Å². The first-order chi connectivity index (χ1) is 7.68. The molecule has 0 aromatic heterocycles. The van der Waals surface area contributed by atoms with Gasteiger partial charge in [-0.15, -0.1) is 6.42 Å². The molecule has 0 aromatic carbocycles. The monoisotopic (exact) mass is 272 g/mol. The molecule has 0 aliphatic rings. The van der Waals surface area contributed by atoms with Crippen LogP contribution in [-0.4, -0.2) is 25.6 Å². The van der Waals surface area contributed by atoms with Crippen LogP contribution in [0.5, 0.6) is 0 Å². The quantitative estimate of drug-likeness (QED) is 0.581. The zero-order chi connectivity index (χ0) is 14.8. The first-order valence-corrected chi connectivity index (χ1v) is 7.99. The van der Waals surface area contributed by atoms with Gasteiger partial charge in [0.15, 0.2) is 0 Å². The molecule has 0 radical (unpaired) electrons. The number of hydrogen-bond donors (Lipinski definition) is 0. The van der Waals surface area contributed by atoms with Gasteiger partial charge in [0.2, 0.25) is 0 Å². The smallest absolute Gasteiger partial charge is 0.359 e. The van der Waals surface area contributed by atoms with E-state index < -0.39 is 25.6 Å². The van der Waals surface area contributed by atoms with E-state index >= 15 is 0 Å². The van der Waals surface area contributed by atoms with Crippen LogP contribution in [0, 0.1) is 12.0 Å². The lowest BCUT2D eigenvalue weighted by Crippen LogP contribution is -2.56. The Morgan fingerprint density at radius 2 is 0.889 bits per heavy atom. The summed E-state index contributed by atoms with van der Waals surface area (Å²) in [6, 6.07) is 0. The normalized spacial score (nSPS) is 14.4. The summed E-state index contributed by atoms with van der Waals surface area (Å²) in [6.07, 6.45) is 5.67. The molecule has 0 aromatic rings. The zero-order valence-corrected chi connectivity index (χ0v) is 14.3. The van der Waals surface area contributed by atoms with E-state index in [1.807, 2.05) is 62.3 Å². The second kappa shape index (κ2) is 5.34. The van der Waals surface area contributed by atoms with Gasteiger partial charge in [0.25, 0.3) is 0 Å². The van der Waals surface area contributed by atoms with Crippen molar-refractivity contribution in [3.05, 3.63) is 0 Å². The summed E-state index contributed by atoms with van der Waals surface area (Å²) in [7, 11) is -3.15. The van der Waals surface area contributed by atoms with Crippen LogP contribution in [0.25, 0.3) is 0 Å². The molecular weight excluding hydrogens is 244 g/mol. The minimum absolute atomic E-state index is 0.408. The Morgan fingerprint density at radius 1 is 0.667 bits per heavy atom. The molecule has 0 aliphatic carbocycles. The second-order valence-corrected chi connectivity index (χ2v) is 9.36. The Bertz CT molecular complexity index is 269. The van der Waals surface area contributed by atoms with Crippen LogP contribution >= 0.6 is 0 Å². The topological polar surface area (TPSA) is 27.7 Å². The largest absolute Gasteiger partial charge is 0.592 e. The molecule has 0 bridgehead atoms. The van der Waals surface area contributed by atoms with Gasteiger partial charge in [-0.1, -0.05) is 0 Å². The van der Waals surface area contributed by atoms with Crippen molar-refractivity contribution >= 4 is 8.80 Å². The molecule has 0 aliphatic heterocycles. The molecule has 106 valence electrons. The van der Waals surface area contributed by atoms with E-state index in [9.17, 15) is 0 Å². The summed E-state index contributed by atoms with van der Waals surface area (Å²) in [6.45, 7) is 17.5. The third-order valence-electron chi connectivity index (χ3n) is 1.50. The minimum Gasteiger partial charge on any atom is -0.359 e. The van der Waals surface area contributed by atoms with Crippen LogP contribution < -0.4 is 0 Å². The Kier molecular flexibility index (Phi) is 5.24. The number of rotatable bonds is 3. The van der Waals surface area contributed by atoms with E-state index in [0.717, 1.165) is 0 Å². The Hall–Kier alpha value is -0.343. The van der Waals surface area contributed by atoms with Gasteiger partial charge in [-0.25, -0.2) is 0 Å². The predicted octanol–water partition coefficient (Wildman–Crippen LogP) is 3.54. The van der Waals surface area contributed by atoms with Crippen molar-refractivity contribution < 1.29 is 13.3 Å². The second-order valence-electron chi connectivity index (χ2n) is 7.34. The summed E-state index contributed by atoms with van der Waals surface area (Å²) >= 11 is 0. The molecular formula is C14H28O3Si. The van der Waals surface area contributed by atoms with Crippen molar-refractivity contribution in [1.82, 2.24) is 0 Å². The van der Waals surface area contributed by atoms with Gasteiger partial charge in [0, 0.05) is 0 Å². The summed E-state index contributed by atoms with van der Waals surface area (Å²) < 4.78 is 18.0. The average Bonchev–Trinajstić information content (AvgIpc) is 1.93. The fraction of sp³-hybridized carbons (Fsp3) is 0.857. The van der Waals surface area contributed by atoms with Crippen molar-refractivity contribution in [3.63, 3.8) is 0 Å². The highest BCUT2D eigenvalue weighted by Crippen LogP contribution is 2.27. The maximum Gasteiger partial charge on any atom is 0.592 e. The van der Waals surface area contributed by atoms with Crippen LogP contribution in [0.15, 0.2) is 0 Å². The maximum absolute atomic E-state index is 5.98. The van der Waals surface area contributed by atoms with Crippen molar-refractivity contribution in [3.8, 4) is 12.0 Å². The molecule has 0 spiro atoms. The SMILES string of the molecule is C#C[Si](OC(C)(C)C)(OC(C)(C)C)OC(C)(C)C. The first kappa shape index (κ1) is 17.7. The van der Waals surface area contributed by atoms with Gasteiger partial charge in [0.1, 0.15) is 0 Å². The highest BCUT2D eigenvalue weighted by Gasteiger charge is 2.49. The van der Waals surface area contributed by atoms with Crippen molar-refractivity contribution in [2.45, 2.75) is 79.1 Å². The van der Waals surface area contributed by atoms with Crippen molar-refractivity contribution in [2.75, 3.05) is 0 Å².